The van der Waals surface area contributed by atoms with E-state index in [2.05, 4.69) is 9.97 Å². The van der Waals surface area contributed by atoms with Gasteiger partial charge in [0.05, 0.1) is 50.6 Å². The third-order valence-electron chi connectivity index (χ3n) is 5.94. The number of amides is 1. The first-order valence-electron chi connectivity index (χ1n) is 11.8. The second kappa shape index (κ2) is 9.95. The summed E-state index contributed by atoms with van der Waals surface area (Å²) in [7, 11) is 0. The average Bonchev–Trinajstić information content (AvgIpc) is 3.52. The molecule has 0 fully saturated rings. The Morgan fingerprint density at radius 1 is 1.00 bits per heavy atom. The molecule has 0 radical (unpaired) electrons. The van der Waals surface area contributed by atoms with Crippen LogP contribution in [0.3, 0.4) is 0 Å². The number of nitrogens with zero attached hydrogens (tertiary/aromatic N) is 3. The fourth-order valence-electron chi connectivity index (χ4n) is 4.38. The number of aliphatic hydroxyl groups excluding tert-OH is 1. The summed E-state index contributed by atoms with van der Waals surface area (Å²) < 4.78 is 12.0. The molecule has 0 saturated heterocycles. The predicted octanol–water partition coefficient (Wildman–Crippen LogP) is 5.95. The summed E-state index contributed by atoms with van der Waals surface area (Å²) >= 11 is 2.54. The molecule has 8 nitrogen and oxygen atoms in total. The van der Waals surface area contributed by atoms with Crippen LogP contribution in [0.5, 0.6) is 11.5 Å². The summed E-state index contributed by atoms with van der Waals surface area (Å²) in [5, 5.41) is 12.2. The number of carbonyl (C=O) groups excluding carboxylic acids is 2. The third kappa shape index (κ3) is 4.47. The van der Waals surface area contributed by atoms with E-state index >= 15 is 0 Å². The van der Waals surface area contributed by atoms with Crippen molar-refractivity contribution in [1.29, 1.82) is 0 Å². The lowest BCUT2D eigenvalue weighted by Gasteiger charge is -2.24. The van der Waals surface area contributed by atoms with Crippen LogP contribution in [0.15, 0.2) is 53.8 Å². The number of fused-ring (bicyclic) bond motifs is 1. The van der Waals surface area contributed by atoms with Gasteiger partial charge in [0.25, 0.3) is 5.91 Å². The molecule has 1 N–H and O–H groups in total. The number of rotatable bonds is 8. The molecule has 5 rings (SSSR count). The van der Waals surface area contributed by atoms with Crippen molar-refractivity contribution < 1.29 is 24.2 Å². The molecule has 37 heavy (non-hydrogen) atoms. The molecule has 0 bridgehead atoms. The van der Waals surface area contributed by atoms with Gasteiger partial charge >= 0.3 is 0 Å². The number of Topliss-reactive ketones (excluding diaryl/α,β-unsaturated/α-hetero) is 1. The standard InChI is InChI=1S/C27H25N3O5S2/c1-5-34-17-9-7-16(8-10-17)22-21(23(31)25-14(3)28-15(4)36-25)24(32)26(33)30(22)27-29-19-12-11-18(35-6-2)13-20(19)37-27/h7-13,22,32H,5-6H2,1-4H3. The minimum atomic E-state index is -0.871. The highest BCUT2D eigenvalue weighted by atomic mass is 32.1. The number of aliphatic hydroxyl groups is 1. The second-order valence-electron chi connectivity index (χ2n) is 8.38. The molecule has 1 aliphatic rings. The molecule has 190 valence electrons. The smallest absolute Gasteiger partial charge is 0.296 e. The summed E-state index contributed by atoms with van der Waals surface area (Å²) in [5.41, 5.74) is 1.91. The van der Waals surface area contributed by atoms with Gasteiger partial charge in [-0.1, -0.05) is 23.5 Å². The van der Waals surface area contributed by atoms with Crippen LogP contribution in [0, 0.1) is 13.8 Å². The number of ether oxygens (including phenoxy) is 2. The van der Waals surface area contributed by atoms with Gasteiger partial charge in [0.2, 0.25) is 5.78 Å². The van der Waals surface area contributed by atoms with E-state index in [1.807, 2.05) is 39.0 Å². The highest BCUT2D eigenvalue weighted by Crippen LogP contribution is 2.45. The van der Waals surface area contributed by atoms with E-state index in [0.717, 1.165) is 9.71 Å². The van der Waals surface area contributed by atoms with Crippen LogP contribution in [0.25, 0.3) is 10.2 Å². The lowest BCUT2D eigenvalue weighted by molar-refractivity contribution is -0.117. The number of benzene rings is 2. The molecule has 1 unspecified atom stereocenters. The lowest BCUT2D eigenvalue weighted by atomic mass is 9.95. The monoisotopic (exact) mass is 535 g/mol. The summed E-state index contributed by atoms with van der Waals surface area (Å²) in [6.45, 7) is 8.41. The fourth-order valence-corrected chi connectivity index (χ4v) is 6.27. The van der Waals surface area contributed by atoms with Crippen LogP contribution in [0.2, 0.25) is 0 Å². The number of aryl methyl sites for hydroxylation is 2. The van der Waals surface area contributed by atoms with E-state index in [1.54, 1.807) is 31.2 Å². The van der Waals surface area contributed by atoms with Crippen molar-refractivity contribution in [2.45, 2.75) is 33.7 Å². The Morgan fingerprint density at radius 3 is 2.32 bits per heavy atom. The van der Waals surface area contributed by atoms with Crippen molar-refractivity contribution in [3.8, 4) is 11.5 Å². The van der Waals surface area contributed by atoms with E-state index in [4.69, 9.17) is 9.47 Å². The Bertz CT molecular complexity index is 1540. The van der Waals surface area contributed by atoms with Gasteiger partial charge in [0.15, 0.2) is 10.9 Å². The normalized spacial score (nSPS) is 15.6. The Labute approximate surface area is 221 Å². The molecule has 1 atom stereocenters. The van der Waals surface area contributed by atoms with Crippen molar-refractivity contribution in [3.05, 3.63) is 74.9 Å². The van der Waals surface area contributed by atoms with Gasteiger partial charge in [-0.15, -0.1) is 11.3 Å². The zero-order valence-electron chi connectivity index (χ0n) is 20.8. The van der Waals surface area contributed by atoms with Crippen molar-refractivity contribution in [1.82, 2.24) is 9.97 Å². The lowest BCUT2D eigenvalue weighted by Crippen LogP contribution is -2.31. The first-order valence-corrected chi connectivity index (χ1v) is 13.5. The molecule has 0 aliphatic carbocycles. The van der Waals surface area contributed by atoms with Gasteiger partial charge in [-0.3, -0.25) is 14.5 Å². The molecular weight excluding hydrogens is 510 g/mol. The van der Waals surface area contributed by atoms with Crippen LogP contribution in [-0.2, 0) is 4.79 Å². The molecule has 2 aromatic heterocycles. The van der Waals surface area contributed by atoms with Gasteiger partial charge in [-0.05, 0) is 63.6 Å². The van der Waals surface area contributed by atoms with Gasteiger partial charge in [-0.2, -0.15) is 0 Å². The summed E-state index contributed by atoms with van der Waals surface area (Å²) in [5.74, 6) is -0.307. The average molecular weight is 536 g/mol. The second-order valence-corrected chi connectivity index (χ2v) is 10.6. The number of aromatic nitrogens is 2. The molecule has 0 saturated carbocycles. The quantitative estimate of drug-likeness (QED) is 0.278. The Balaban J connectivity index is 1.64. The number of hydrogen-bond acceptors (Lipinski definition) is 9. The van der Waals surface area contributed by atoms with Gasteiger partial charge < -0.3 is 14.6 Å². The summed E-state index contributed by atoms with van der Waals surface area (Å²) in [4.78, 5) is 38.1. The van der Waals surface area contributed by atoms with Crippen molar-refractivity contribution in [3.63, 3.8) is 0 Å². The van der Waals surface area contributed by atoms with Crippen LogP contribution in [-0.4, -0.2) is 40.0 Å². The topological polar surface area (TPSA) is 102 Å². The number of anilines is 1. The number of thiazole rings is 2. The largest absolute Gasteiger partial charge is 0.503 e. The highest BCUT2D eigenvalue weighted by Gasteiger charge is 2.46. The van der Waals surface area contributed by atoms with Crippen LogP contribution in [0.4, 0.5) is 5.13 Å². The van der Waals surface area contributed by atoms with Gasteiger partial charge in [0.1, 0.15) is 11.5 Å². The third-order valence-corrected chi connectivity index (χ3v) is 8.02. The predicted molar refractivity (Wildman–Crippen MR) is 144 cm³/mol. The van der Waals surface area contributed by atoms with Gasteiger partial charge in [0, 0.05) is 0 Å². The first kappa shape index (κ1) is 24.9. The Morgan fingerprint density at radius 2 is 1.68 bits per heavy atom. The molecule has 1 amide bonds. The maximum Gasteiger partial charge on any atom is 0.296 e. The number of ketones is 1. The Hall–Kier alpha value is -3.76. The number of hydrogen-bond donors (Lipinski definition) is 1. The van der Waals surface area contributed by atoms with Crippen LogP contribution in [0.1, 0.15) is 45.8 Å². The van der Waals surface area contributed by atoms with E-state index in [1.165, 1.54) is 27.6 Å². The van der Waals surface area contributed by atoms with E-state index in [0.29, 0.717) is 51.5 Å². The fraction of sp³-hybridized carbons (Fsp3) is 0.259. The van der Waals surface area contributed by atoms with Crippen molar-refractivity contribution in [2.24, 2.45) is 0 Å². The maximum absolute atomic E-state index is 13.8. The minimum absolute atomic E-state index is 0.00942. The van der Waals surface area contributed by atoms with Gasteiger partial charge in [-0.25, -0.2) is 9.97 Å². The van der Waals surface area contributed by atoms with E-state index in [9.17, 15) is 14.7 Å². The summed E-state index contributed by atoms with van der Waals surface area (Å²) in [6.07, 6.45) is 0. The molecule has 10 heteroatoms. The first-order chi connectivity index (χ1) is 17.8. The zero-order chi connectivity index (χ0) is 26.3. The molecular formula is C27H25N3O5S2. The zero-order valence-corrected chi connectivity index (χ0v) is 22.4. The van der Waals surface area contributed by atoms with E-state index in [-0.39, 0.29) is 5.57 Å². The minimum Gasteiger partial charge on any atom is -0.503 e. The van der Waals surface area contributed by atoms with Crippen LogP contribution >= 0.6 is 22.7 Å². The molecule has 1 aliphatic heterocycles. The molecule has 0 spiro atoms. The van der Waals surface area contributed by atoms with Crippen LogP contribution < -0.4 is 14.4 Å². The summed E-state index contributed by atoms with van der Waals surface area (Å²) in [6, 6.07) is 11.8. The van der Waals surface area contributed by atoms with E-state index < -0.39 is 23.5 Å². The molecule has 4 aromatic rings. The van der Waals surface area contributed by atoms with Crippen molar-refractivity contribution in [2.75, 3.05) is 18.1 Å². The molecule has 3 heterocycles. The molecule has 2 aromatic carbocycles. The SMILES string of the molecule is CCOc1ccc(C2C(C(=O)c3sc(C)nc3C)=C(O)C(=O)N2c2nc3ccc(OCC)cc3s2)cc1. The maximum atomic E-state index is 13.8. The Kier molecular flexibility index (Phi) is 6.70. The van der Waals surface area contributed by atoms with Crippen molar-refractivity contribution >= 4 is 49.7 Å². The highest BCUT2D eigenvalue weighted by molar-refractivity contribution is 7.22. The number of carbonyl (C=O) groups is 2.